The zero-order valence-electron chi connectivity index (χ0n) is 8.86. The lowest BCUT2D eigenvalue weighted by atomic mass is 10.0. The Morgan fingerprint density at radius 1 is 0.944 bits per heavy atom. The molecule has 0 spiro atoms. The molecule has 0 N–H and O–H groups in total. The molecular formula is C12H6Cl3NO2. The van der Waals surface area contributed by atoms with E-state index in [9.17, 15) is 10.1 Å². The zero-order valence-corrected chi connectivity index (χ0v) is 11.1. The summed E-state index contributed by atoms with van der Waals surface area (Å²) in [6, 6.07) is 9.37. The average molecular weight is 303 g/mol. The van der Waals surface area contributed by atoms with E-state index in [1.54, 1.807) is 24.3 Å². The van der Waals surface area contributed by atoms with Crippen LogP contribution in [0.2, 0.25) is 15.1 Å². The van der Waals surface area contributed by atoms with Crippen LogP contribution in [0.15, 0.2) is 36.4 Å². The van der Waals surface area contributed by atoms with E-state index in [0.29, 0.717) is 10.6 Å². The van der Waals surface area contributed by atoms with Gasteiger partial charge in [-0.25, -0.2) is 0 Å². The van der Waals surface area contributed by atoms with E-state index in [-0.39, 0.29) is 21.3 Å². The highest BCUT2D eigenvalue weighted by atomic mass is 35.5. The Bertz CT molecular complexity index is 629. The van der Waals surface area contributed by atoms with Gasteiger partial charge in [-0.15, -0.1) is 0 Å². The minimum atomic E-state index is -0.502. The van der Waals surface area contributed by atoms with Crippen molar-refractivity contribution in [2.24, 2.45) is 0 Å². The average Bonchev–Trinajstić information content (AvgIpc) is 2.33. The molecule has 0 aliphatic heterocycles. The van der Waals surface area contributed by atoms with E-state index in [4.69, 9.17) is 34.8 Å². The van der Waals surface area contributed by atoms with Crippen molar-refractivity contribution in [2.75, 3.05) is 0 Å². The molecular weight excluding hydrogens is 296 g/mol. The smallest absolute Gasteiger partial charge is 0.258 e. The van der Waals surface area contributed by atoms with Crippen molar-refractivity contribution in [3.05, 3.63) is 61.6 Å². The largest absolute Gasteiger partial charge is 0.278 e. The zero-order chi connectivity index (χ0) is 13.3. The van der Waals surface area contributed by atoms with Gasteiger partial charge in [0.15, 0.2) is 0 Å². The predicted molar refractivity (Wildman–Crippen MR) is 73.6 cm³/mol. The Balaban J connectivity index is 2.78. The molecule has 0 amide bonds. The normalized spacial score (nSPS) is 10.4. The van der Waals surface area contributed by atoms with Crippen LogP contribution in [0.5, 0.6) is 0 Å². The van der Waals surface area contributed by atoms with Crippen molar-refractivity contribution in [2.45, 2.75) is 0 Å². The number of nitrogens with zero attached hydrogens (tertiary/aromatic N) is 1. The van der Waals surface area contributed by atoms with Crippen molar-refractivity contribution >= 4 is 40.5 Å². The van der Waals surface area contributed by atoms with Crippen molar-refractivity contribution in [1.82, 2.24) is 0 Å². The molecule has 6 heteroatoms. The molecule has 0 aliphatic rings. The van der Waals surface area contributed by atoms with Crippen LogP contribution in [0.3, 0.4) is 0 Å². The molecule has 0 heterocycles. The number of hydrogen-bond donors (Lipinski definition) is 0. The molecule has 3 nitrogen and oxygen atoms in total. The molecule has 2 aromatic rings. The third kappa shape index (κ3) is 2.29. The quantitative estimate of drug-likeness (QED) is 0.563. The molecule has 92 valence electrons. The van der Waals surface area contributed by atoms with Gasteiger partial charge >= 0.3 is 0 Å². The first-order valence-electron chi connectivity index (χ1n) is 4.89. The van der Waals surface area contributed by atoms with Gasteiger partial charge in [0, 0.05) is 11.6 Å². The maximum atomic E-state index is 11.0. The maximum absolute atomic E-state index is 11.0. The Morgan fingerprint density at radius 3 is 2.22 bits per heavy atom. The second kappa shape index (κ2) is 5.14. The summed E-state index contributed by atoms with van der Waals surface area (Å²) in [6.07, 6.45) is 0. The van der Waals surface area contributed by atoms with Crippen molar-refractivity contribution in [3.63, 3.8) is 0 Å². The fourth-order valence-electron chi connectivity index (χ4n) is 1.63. The van der Waals surface area contributed by atoms with Crippen LogP contribution in [0.25, 0.3) is 11.1 Å². The van der Waals surface area contributed by atoms with Gasteiger partial charge in [0.25, 0.3) is 5.69 Å². The second-order valence-electron chi connectivity index (χ2n) is 3.49. The highest BCUT2D eigenvalue weighted by Gasteiger charge is 2.21. The van der Waals surface area contributed by atoms with Gasteiger partial charge in [-0.3, -0.25) is 10.1 Å². The van der Waals surface area contributed by atoms with Crippen LogP contribution in [0.4, 0.5) is 5.69 Å². The van der Waals surface area contributed by atoms with Crippen LogP contribution in [0, 0.1) is 10.1 Å². The van der Waals surface area contributed by atoms with Crippen molar-refractivity contribution < 1.29 is 4.92 Å². The van der Waals surface area contributed by atoms with Crippen molar-refractivity contribution in [3.8, 4) is 11.1 Å². The number of halogens is 3. The molecule has 2 rings (SSSR count). The van der Waals surface area contributed by atoms with E-state index in [0.717, 1.165) is 0 Å². The lowest BCUT2D eigenvalue weighted by Gasteiger charge is -2.08. The van der Waals surface area contributed by atoms with Gasteiger partial charge in [-0.1, -0.05) is 53.0 Å². The minimum Gasteiger partial charge on any atom is -0.258 e. The lowest BCUT2D eigenvalue weighted by molar-refractivity contribution is -0.384. The third-order valence-electron chi connectivity index (χ3n) is 2.41. The first-order chi connectivity index (χ1) is 8.52. The minimum absolute atomic E-state index is 0.105. The number of hydrogen-bond acceptors (Lipinski definition) is 2. The second-order valence-corrected chi connectivity index (χ2v) is 4.68. The van der Waals surface area contributed by atoms with E-state index in [2.05, 4.69) is 0 Å². The molecule has 0 atom stereocenters. The molecule has 2 aromatic carbocycles. The van der Waals surface area contributed by atoms with Gasteiger partial charge < -0.3 is 0 Å². The van der Waals surface area contributed by atoms with Crippen LogP contribution in [0.1, 0.15) is 0 Å². The summed E-state index contributed by atoms with van der Waals surface area (Å²) < 4.78 is 0. The summed E-state index contributed by atoms with van der Waals surface area (Å²) in [5.74, 6) is 0. The van der Waals surface area contributed by atoms with Gasteiger partial charge in [-0.05, 0) is 12.1 Å². The molecule has 0 fully saturated rings. The van der Waals surface area contributed by atoms with Crippen LogP contribution in [-0.2, 0) is 0 Å². The van der Waals surface area contributed by atoms with Crippen LogP contribution in [-0.4, -0.2) is 4.92 Å². The summed E-state index contributed by atoms with van der Waals surface area (Å²) in [4.78, 5) is 10.5. The molecule has 18 heavy (non-hydrogen) atoms. The Hall–Kier alpha value is -1.29. The Kier molecular flexibility index (Phi) is 3.76. The molecule has 0 aliphatic carbocycles. The summed E-state index contributed by atoms with van der Waals surface area (Å²) in [7, 11) is 0. The molecule has 0 radical (unpaired) electrons. The van der Waals surface area contributed by atoms with E-state index in [1.807, 2.05) is 0 Å². The van der Waals surface area contributed by atoms with E-state index < -0.39 is 4.92 Å². The van der Waals surface area contributed by atoms with E-state index >= 15 is 0 Å². The summed E-state index contributed by atoms with van der Waals surface area (Å²) >= 11 is 18.0. The standard InChI is InChI=1S/C12H6Cl3NO2/c13-8-4-2-6-10(16(17)18)11(8)7-3-1-5-9(14)12(7)15/h1-6H. The van der Waals surface area contributed by atoms with Gasteiger partial charge in [0.2, 0.25) is 0 Å². The molecule has 0 saturated carbocycles. The van der Waals surface area contributed by atoms with Gasteiger partial charge in [0.1, 0.15) is 0 Å². The monoisotopic (exact) mass is 301 g/mol. The summed E-state index contributed by atoms with van der Waals surface area (Å²) in [5.41, 5.74) is 0.616. The lowest BCUT2D eigenvalue weighted by Crippen LogP contribution is -1.93. The number of rotatable bonds is 2. The molecule has 0 bridgehead atoms. The highest BCUT2D eigenvalue weighted by Crippen LogP contribution is 2.41. The summed E-state index contributed by atoms with van der Waals surface area (Å²) in [5, 5.41) is 11.8. The number of nitro groups is 1. The Morgan fingerprint density at radius 2 is 1.56 bits per heavy atom. The van der Waals surface area contributed by atoms with E-state index in [1.165, 1.54) is 12.1 Å². The number of nitro benzene ring substituents is 1. The fraction of sp³-hybridized carbons (Fsp3) is 0. The molecule has 0 saturated heterocycles. The van der Waals surface area contributed by atoms with Gasteiger partial charge in [-0.2, -0.15) is 0 Å². The van der Waals surface area contributed by atoms with Crippen LogP contribution < -0.4 is 0 Å². The first-order valence-corrected chi connectivity index (χ1v) is 6.03. The first kappa shape index (κ1) is 13.1. The van der Waals surface area contributed by atoms with Crippen LogP contribution >= 0.6 is 34.8 Å². The fourth-order valence-corrected chi connectivity index (χ4v) is 2.29. The third-order valence-corrected chi connectivity index (χ3v) is 3.54. The maximum Gasteiger partial charge on any atom is 0.278 e. The highest BCUT2D eigenvalue weighted by molar-refractivity contribution is 6.44. The predicted octanol–water partition coefficient (Wildman–Crippen LogP) is 5.22. The SMILES string of the molecule is O=[N+]([O-])c1cccc(Cl)c1-c1cccc(Cl)c1Cl. The van der Waals surface area contributed by atoms with Crippen molar-refractivity contribution in [1.29, 1.82) is 0 Å². The molecule has 0 aromatic heterocycles. The molecule has 0 unspecified atom stereocenters. The Labute approximate surface area is 118 Å². The summed E-state index contributed by atoms with van der Waals surface area (Å²) in [6.45, 7) is 0. The number of benzene rings is 2. The van der Waals surface area contributed by atoms with Gasteiger partial charge in [0.05, 0.1) is 25.6 Å². The topological polar surface area (TPSA) is 43.1 Å².